The van der Waals surface area contributed by atoms with Crippen LogP contribution in [0.25, 0.3) is 0 Å². The first-order valence-corrected chi connectivity index (χ1v) is 7.75. The second-order valence-electron chi connectivity index (χ2n) is 6.13. The highest BCUT2D eigenvalue weighted by Gasteiger charge is 2.27. The van der Waals surface area contributed by atoms with Crippen molar-refractivity contribution in [1.82, 2.24) is 4.98 Å². The molecule has 0 atom stereocenters. The third-order valence-corrected chi connectivity index (χ3v) is 4.23. The van der Waals surface area contributed by atoms with Crippen LogP contribution in [0.15, 0.2) is 85.2 Å². The normalized spacial score (nSPS) is 11.3. The van der Waals surface area contributed by atoms with Gasteiger partial charge < -0.3 is 0 Å². The fraction of sp³-hybridized carbons (Fsp3) is 0.190. The molecule has 0 aliphatic carbocycles. The first-order chi connectivity index (χ1) is 10.8. The molecule has 0 aliphatic rings. The Hall–Kier alpha value is -2.41. The monoisotopic (exact) mass is 287 g/mol. The number of benzene rings is 2. The zero-order valence-corrected chi connectivity index (χ0v) is 12.9. The molecule has 3 rings (SSSR count). The van der Waals surface area contributed by atoms with Crippen LogP contribution in [0.1, 0.15) is 23.6 Å². The highest BCUT2D eigenvalue weighted by Crippen LogP contribution is 2.31. The number of hydrogen-bond acceptors (Lipinski definition) is 1. The summed E-state index contributed by atoms with van der Waals surface area (Å²) in [6.07, 6.45) is 5.86. The van der Waals surface area contributed by atoms with Crippen LogP contribution in [0.4, 0.5) is 0 Å². The second kappa shape index (κ2) is 6.57. The smallest absolute Gasteiger partial charge is 0.0305 e. The van der Waals surface area contributed by atoms with Crippen LogP contribution in [0.5, 0.6) is 0 Å². The molecule has 2 aromatic carbocycles. The molecule has 0 saturated heterocycles. The Kier molecular flexibility index (Phi) is 4.34. The van der Waals surface area contributed by atoms with Gasteiger partial charge in [-0.3, -0.25) is 4.98 Å². The van der Waals surface area contributed by atoms with Crippen LogP contribution in [0, 0.1) is 0 Å². The van der Waals surface area contributed by atoms with Gasteiger partial charge in [0.05, 0.1) is 0 Å². The molecule has 1 nitrogen and oxygen atoms in total. The summed E-state index contributed by atoms with van der Waals surface area (Å²) in [5.41, 5.74) is 4.06. The molecular formula is C21H21N. The van der Waals surface area contributed by atoms with Crippen molar-refractivity contribution in [1.29, 1.82) is 0 Å². The summed E-state index contributed by atoms with van der Waals surface area (Å²) in [4.78, 5) is 4.33. The van der Waals surface area contributed by atoms with E-state index in [0.29, 0.717) is 0 Å². The van der Waals surface area contributed by atoms with Crippen LogP contribution in [-0.2, 0) is 18.3 Å². The fourth-order valence-electron chi connectivity index (χ4n) is 3.08. The number of aromatic nitrogens is 1. The lowest BCUT2D eigenvalue weighted by molar-refractivity contribution is 0.464. The SMILES string of the molecule is CC(Cc1ccccc1)(Cc1ccccc1)c1cccnc1. The average molecular weight is 287 g/mol. The summed E-state index contributed by atoms with van der Waals surface area (Å²) in [7, 11) is 0. The predicted octanol–water partition coefficient (Wildman–Crippen LogP) is 4.82. The summed E-state index contributed by atoms with van der Waals surface area (Å²) in [6.45, 7) is 2.34. The summed E-state index contributed by atoms with van der Waals surface area (Å²) in [5.74, 6) is 0. The molecule has 1 heteroatoms. The third-order valence-electron chi connectivity index (χ3n) is 4.23. The van der Waals surface area contributed by atoms with Gasteiger partial charge in [-0.2, -0.15) is 0 Å². The predicted molar refractivity (Wildman–Crippen MR) is 91.9 cm³/mol. The Morgan fingerprint density at radius 1 is 0.727 bits per heavy atom. The molecule has 0 unspecified atom stereocenters. The molecule has 0 aliphatic heterocycles. The lowest BCUT2D eigenvalue weighted by Gasteiger charge is -2.30. The Morgan fingerprint density at radius 3 is 1.73 bits per heavy atom. The number of pyridine rings is 1. The van der Waals surface area contributed by atoms with Crippen molar-refractivity contribution in [3.63, 3.8) is 0 Å². The lowest BCUT2D eigenvalue weighted by Crippen LogP contribution is -2.28. The van der Waals surface area contributed by atoms with Crippen molar-refractivity contribution in [2.75, 3.05) is 0 Å². The molecule has 0 spiro atoms. The first kappa shape index (κ1) is 14.5. The van der Waals surface area contributed by atoms with Gasteiger partial charge in [0.1, 0.15) is 0 Å². The van der Waals surface area contributed by atoms with Crippen molar-refractivity contribution >= 4 is 0 Å². The maximum atomic E-state index is 4.33. The van der Waals surface area contributed by atoms with E-state index in [-0.39, 0.29) is 5.41 Å². The van der Waals surface area contributed by atoms with Gasteiger partial charge in [0.15, 0.2) is 0 Å². The minimum atomic E-state index is 0.0387. The van der Waals surface area contributed by atoms with Crippen molar-refractivity contribution in [3.8, 4) is 0 Å². The van der Waals surface area contributed by atoms with Crippen molar-refractivity contribution in [3.05, 3.63) is 102 Å². The van der Waals surface area contributed by atoms with Gasteiger partial charge in [0, 0.05) is 17.8 Å². The van der Waals surface area contributed by atoms with Crippen LogP contribution in [0.2, 0.25) is 0 Å². The van der Waals surface area contributed by atoms with Gasteiger partial charge in [0.2, 0.25) is 0 Å². The van der Waals surface area contributed by atoms with E-state index in [4.69, 9.17) is 0 Å². The van der Waals surface area contributed by atoms with E-state index >= 15 is 0 Å². The van der Waals surface area contributed by atoms with Crippen LogP contribution >= 0.6 is 0 Å². The van der Waals surface area contributed by atoms with Crippen LogP contribution < -0.4 is 0 Å². The van der Waals surface area contributed by atoms with Crippen molar-refractivity contribution in [2.24, 2.45) is 0 Å². The molecule has 0 amide bonds. The first-order valence-electron chi connectivity index (χ1n) is 7.75. The molecule has 1 aromatic heterocycles. The third kappa shape index (κ3) is 3.43. The van der Waals surface area contributed by atoms with E-state index in [1.54, 1.807) is 0 Å². The largest absolute Gasteiger partial charge is 0.264 e. The van der Waals surface area contributed by atoms with E-state index < -0.39 is 0 Å². The Balaban J connectivity index is 1.95. The molecular weight excluding hydrogens is 266 g/mol. The van der Waals surface area contributed by atoms with Crippen molar-refractivity contribution < 1.29 is 0 Å². The fourth-order valence-corrected chi connectivity index (χ4v) is 3.08. The summed E-state index contributed by atoms with van der Waals surface area (Å²) >= 11 is 0. The summed E-state index contributed by atoms with van der Waals surface area (Å²) in [5, 5.41) is 0. The van der Waals surface area contributed by atoms with Gasteiger partial charge in [-0.05, 0) is 35.6 Å². The van der Waals surface area contributed by atoms with E-state index in [1.165, 1.54) is 16.7 Å². The number of hydrogen-bond donors (Lipinski definition) is 0. The Bertz CT molecular complexity index is 648. The maximum Gasteiger partial charge on any atom is 0.0305 e. The topological polar surface area (TPSA) is 12.9 Å². The number of rotatable bonds is 5. The maximum absolute atomic E-state index is 4.33. The van der Waals surface area contributed by atoms with E-state index in [1.807, 2.05) is 18.5 Å². The van der Waals surface area contributed by atoms with E-state index in [2.05, 4.69) is 78.6 Å². The standard InChI is InChI=1S/C21H21N/c1-21(20-13-8-14-22-17-20,15-18-9-4-2-5-10-18)16-19-11-6-3-7-12-19/h2-14,17H,15-16H2,1H3. The van der Waals surface area contributed by atoms with Gasteiger partial charge in [0.25, 0.3) is 0 Å². The molecule has 0 saturated carbocycles. The molecule has 0 N–H and O–H groups in total. The summed E-state index contributed by atoms with van der Waals surface area (Å²) in [6, 6.07) is 25.6. The van der Waals surface area contributed by atoms with E-state index in [0.717, 1.165) is 12.8 Å². The quantitative estimate of drug-likeness (QED) is 0.655. The minimum Gasteiger partial charge on any atom is -0.264 e. The molecule has 0 radical (unpaired) electrons. The molecule has 0 bridgehead atoms. The highest BCUT2D eigenvalue weighted by molar-refractivity contribution is 5.30. The molecule has 22 heavy (non-hydrogen) atoms. The number of nitrogens with zero attached hydrogens (tertiary/aromatic N) is 1. The van der Waals surface area contributed by atoms with Gasteiger partial charge >= 0.3 is 0 Å². The zero-order chi connectivity index (χ0) is 15.3. The summed E-state index contributed by atoms with van der Waals surface area (Å²) < 4.78 is 0. The van der Waals surface area contributed by atoms with Crippen LogP contribution in [0.3, 0.4) is 0 Å². The zero-order valence-electron chi connectivity index (χ0n) is 12.9. The minimum absolute atomic E-state index is 0.0387. The molecule has 3 aromatic rings. The van der Waals surface area contributed by atoms with E-state index in [9.17, 15) is 0 Å². The van der Waals surface area contributed by atoms with Gasteiger partial charge in [-0.25, -0.2) is 0 Å². The van der Waals surface area contributed by atoms with Crippen molar-refractivity contribution in [2.45, 2.75) is 25.2 Å². The highest BCUT2D eigenvalue weighted by atomic mass is 14.6. The second-order valence-corrected chi connectivity index (χ2v) is 6.13. The molecule has 0 fully saturated rings. The lowest BCUT2D eigenvalue weighted by atomic mass is 9.73. The van der Waals surface area contributed by atoms with Gasteiger partial charge in [-0.1, -0.05) is 73.7 Å². The Labute approximate surface area is 132 Å². The molecule has 110 valence electrons. The molecule has 1 heterocycles. The van der Waals surface area contributed by atoms with Crippen LogP contribution in [-0.4, -0.2) is 4.98 Å². The van der Waals surface area contributed by atoms with Gasteiger partial charge in [-0.15, -0.1) is 0 Å². The Morgan fingerprint density at radius 2 is 1.27 bits per heavy atom. The average Bonchev–Trinajstić information content (AvgIpc) is 2.57.